The Hall–Kier alpha value is -6.02. The van der Waals surface area contributed by atoms with Crippen molar-refractivity contribution in [3.63, 3.8) is 0 Å². The fourth-order valence-electron chi connectivity index (χ4n) is 3.82. The second kappa shape index (κ2) is 15.8. The van der Waals surface area contributed by atoms with Crippen LogP contribution in [0, 0.1) is 11.6 Å². The van der Waals surface area contributed by atoms with E-state index in [-0.39, 0.29) is 34.8 Å². The predicted octanol–water partition coefficient (Wildman–Crippen LogP) is 6.29. The molecule has 0 aliphatic rings. The van der Waals surface area contributed by atoms with Gasteiger partial charge in [0, 0.05) is 30.8 Å². The zero-order valence-electron chi connectivity index (χ0n) is 24.8. The number of aromatic nitrogens is 5. The van der Waals surface area contributed by atoms with Crippen LogP contribution in [0.2, 0.25) is 0 Å². The number of benzene rings is 2. The molecule has 0 spiro atoms. The number of ether oxygens (including phenoxy) is 2. The molecule has 0 aliphatic carbocycles. The maximum absolute atomic E-state index is 12.8. The molecule has 0 radical (unpaired) electrons. The Morgan fingerprint density at radius 2 is 1.26 bits per heavy atom. The fraction of sp³-hybridized carbons (Fsp3) is 0.0909. The van der Waals surface area contributed by atoms with Crippen LogP contribution in [0.3, 0.4) is 0 Å². The second-order valence-electron chi connectivity index (χ2n) is 9.71. The van der Waals surface area contributed by atoms with Gasteiger partial charge in [-0.25, -0.2) is 18.7 Å². The summed E-state index contributed by atoms with van der Waals surface area (Å²) in [6, 6.07) is 19.4. The van der Waals surface area contributed by atoms with E-state index in [0.717, 1.165) is 10.6 Å². The molecule has 238 valence electrons. The third-order valence-corrected chi connectivity index (χ3v) is 6.92. The Morgan fingerprint density at radius 3 is 1.68 bits per heavy atom. The van der Waals surface area contributed by atoms with Gasteiger partial charge >= 0.3 is 0 Å². The number of pyridine rings is 2. The van der Waals surface area contributed by atoms with Crippen molar-refractivity contribution in [3.8, 4) is 11.5 Å². The number of rotatable bonds is 10. The monoisotopic (exact) mass is 655 g/mol. The summed E-state index contributed by atoms with van der Waals surface area (Å²) in [5, 5.41) is 9.49. The van der Waals surface area contributed by atoms with E-state index in [1.807, 2.05) is 19.3 Å². The molecule has 0 bridgehead atoms. The lowest BCUT2D eigenvalue weighted by Crippen LogP contribution is -2.13. The van der Waals surface area contributed by atoms with Gasteiger partial charge in [0.1, 0.15) is 47.7 Å². The summed E-state index contributed by atoms with van der Waals surface area (Å²) in [5.41, 5.74) is 4.03. The van der Waals surface area contributed by atoms with Crippen molar-refractivity contribution in [2.75, 3.05) is 10.6 Å². The van der Waals surface area contributed by atoms with Crippen LogP contribution in [0.25, 0.3) is 0 Å². The zero-order chi connectivity index (χ0) is 33.0. The summed E-state index contributed by atoms with van der Waals surface area (Å²) >= 11 is 1.51. The van der Waals surface area contributed by atoms with E-state index in [1.165, 1.54) is 72.3 Å². The highest BCUT2D eigenvalue weighted by molar-refractivity contribution is 7.09. The van der Waals surface area contributed by atoms with E-state index in [9.17, 15) is 18.4 Å². The molecule has 6 aromatic rings. The maximum Gasteiger partial charge on any atom is 0.274 e. The minimum absolute atomic E-state index is 0.240. The molecule has 4 aromatic heterocycles. The van der Waals surface area contributed by atoms with Gasteiger partial charge in [-0.1, -0.05) is 0 Å². The van der Waals surface area contributed by atoms with Crippen molar-refractivity contribution >= 4 is 34.5 Å². The Labute approximate surface area is 271 Å². The van der Waals surface area contributed by atoms with Gasteiger partial charge < -0.3 is 20.1 Å². The summed E-state index contributed by atoms with van der Waals surface area (Å²) < 4.78 is 38.5. The van der Waals surface area contributed by atoms with Crippen molar-refractivity contribution in [1.29, 1.82) is 0 Å². The van der Waals surface area contributed by atoms with E-state index < -0.39 is 0 Å². The van der Waals surface area contributed by atoms with Gasteiger partial charge in [-0.15, -0.1) is 11.3 Å². The van der Waals surface area contributed by atoms with Crippen molar-refractivity contribution < 1.29 is 27.8 Å². The van der Waals surface area contributed by atoms with E-state index in [2.05, 4.69) is 30.7 Å². The SMILES string of the molecule is Cn1ccc(COc2ccc(C(=O)Nc3ccc(F)cc3)nc2)n1.O=C(Nc1ccc(F)cc1)c1ccc(OCc2cncs2)cn1. The average molecular weight is 656 g/mol. The molecular weight excluding hydrogens is 628 g/mol. The highest BCUT2D eigenvalue weighted by Crippen LogP contribution is 2.16. The Morgan fingerprint density at radius 1 is 0.723 bits per heavy atom. The van der Waals surface area contributed by atoms with Crippen LogP contribution in [0.1, 0.15) is 31.5 Å². The second-order valence-corrected chi connectivity index (χ2v) is 10.7. The van der Waals surface area contributed by atoms with E-state index in [0.29, 0.717) is 36.1 Å². The summed E-state index contributed by atoms with van der Waals surface area (Å²) in [4.78, 5) is 37.2. The number of amides is 2. The van der Waals surface area contributed by atoms with E-state index in [4.69, 9.17) is 9.47 Å². The number of nitrogens with zero attached hydrogens (tertiary/aromatic N) is 5. The first-order chi connectivity index (χ1) is 22.8. The molecular formula is C33H27F2N7O4S. The van der Waals surface area contributed by atoms with E-state index >= 15 is 0 Å². The van der Waals surface area contributed by atoms with Crippen LogP contribution in [-0.2, 0) is 20.3 Å². The average Bonchev–Trinajstić information content (AvgIpc) is 3.77. The Bertz CT molecular complexity index is 1880. The maximum atomic E-state index is 12.8. The lowest BCUT2D eigenvalue weighted by Gasteiger charge is -2.06. The van der Waals surface area contributed by atoms with Crippen LogP contribution in [0.15, 0.2) is 109 Å². The highest BCUT2D eigenvalue weighted by atomic mass is 32.1. The van der Waals surface area contributed by atoms with Gasteiger partial charge in [0.25, 0.3) is 11.8 Å². The lowest BCUT2D eigenvalue weighted by molar-refractivity contribution is 0.101. The summed E-state index contributed by atoms with van der Waals surface area (Å²) in [5.74, 6) is -0.358. The molecule has 2 amide bonds. The summed E-state index contributed by atoms with van der Waals surface area (Å²) in [7, 11) is 1.83. The lowest BCUT2D eigenvalue weighted by atomic mass is 10.3. The molecule has 2 aromatic carbocycles. The van der Waals surface area contributed by atoms with Crippen LogP contribution in [-0.4, -0.2) is 36.5 Å². The molecule has 4 heterocycles. The quantitative estimate of drug-likeness (QED) is 0.176. The van der Waals surface area contributed by atoms with Crippen molar-refractivity contribution in [2.24, 2.45) is 7.05 Å². The molecule has 14 heteroatoms. The molecule has 0 aliphatic heterocycles. The van der Waals surface area contributed by atoms with Gasteiger partial charge in [-0.05, 0) is 78.9 Å². The van der Waals surface area contributed by atoms with Crippen LogP contribution in [0.4, 0.5) is 20.2 Å². The Kier molecular flexibility index (Phi) is 10.9. The molecule has 0 saturated carbocycles. The van der Waals surface area contributed by atoms with Crippen molar-refractivity contribution in [3.05, 3.63) is 143 Å². The number of halogens is 2. The van der Waals surface area contributed by atoms with Gasteiger partial charge in [0.15, 0.2) is 0 Å². The molecule has 11 nitrogen and oxygen atoms in total. The van der Waals surface area contributed by atoms with Gasteiger partial charge in [0.2, 0.25) is 0 Å². The van der Waals surface area contributed by atoms with E-state index in [1.54, 1.807) is 40.7 Å². The number of thiazole rings is 1. The molecule has 6 rings (SSSR count). The number of hydrogen-bond donors (Lipinski definition) is 2. The van der Waals surface area contributed by atoms with Gasteiger partial charge in [-0.2, -0.15) is 5.10 Å². The standard InChI is InChI=1S/C17H15FN4O2.C16H12FN3O2S/c1-22-9-8-14(21-22)11-24-15-6-7-16(19-10-15)17(23)20-13-4-2-12(18)3-5-13;17-11-1-3-12(4-2-11)20-16(21)15-6-5-13(7-19-15)22-9-14-8-18-10-23-14/h2-10H,11H2,1H3,(H,20,23);1-8,10H,9H2,(H,20,21). The number of carbonyl (C=O) groups is 2. The molecule has 0 unspecified atom stereocenters. The van der Waals surface area contributed by atoms with Crippen molar-refractivity contribution in [2.45, 2.75) is 13.2 Å². The largest absolute Gasteiger partial charge is 0.486 e. The first kappa shape index (κ1) is 32.4. The number of nitrogens with one attached hydrogen (secondary N) is 2. The minimum Gasteiger partial charge on any atom is -0.486 e. The third-order valence-electron chi connectivity index (χ3n) is 6.16. The topological polar surface area (TPSA) is 133 Å². The predicted molar refractivity (Wildman–Crippen MR) is 171 cm³/mol. The molecule has 0 fully saturated rings. The summed E-state index contributed by atoms with van der Waals surface area (Å²) in [6.07, 6.45) is 6.53. The fourth-order valence-corrected chi connectivity index (χ4v) is 4.33. The molecule has 0 atom stereocenters. The first-order valence-electron chi connectivity index (χ1n) is 14.0. The van der Waals surface area contributed by atoms with Crippen LogP contribution in [0.5, 0.6) is 11.5 Å². The third kappa shape index (κ3) is 9.99. The van der Waals surface area contributed by atoms with Crippen LogP contribution >= 0.6 is 11.3 Å². The number of hydrogen-bond acceptors (Lipinski definition) is 9. The van der Waals surface area contributed by atoms with Gasteiger partial charge in [-0.3, -0.25) is 19.3 Å². The minimum atomic E-state index is -0.377. The number of anilines is 2. The number of aryl methyl sites for hydroxylation is 1. The normalized spacial score (nSPS) is 10.4. The molecule has 47 heavy (non-hydrogen) atoms. The van der Waals surface area contributed by atoms with Gasteiger partial charge in [0.05, 0.1) is 28.5 Å². The number of carbonyl (C=O) groups excluding carboxylic acids is 2. The Balaban J connectivity index is 0.000000185. The molecule has 0 saturated heterocycles. The first-order valence-corrected chi connectivity index (χ1v) is 14.9. The molecule has 2 N–H and O–H groups in total. The summed E-state index contributed by atoms with van der Waals surface area (Å²) in [6.45, 7) is 0.733. The smallest absolute Gasteiger partial charge is 0.274 e. The highest BCUT2D eigenvalue weighted by Gasteiger charge is 2.10. The zero-order valence-corrected chi connectivity index (χ0v) is 25.7. The van der Waals surface area contributed by atoms with Crippen LogP contribution < -0.4 is 20.1 Å². The van der Waals surface area contributed by atoms with Crippen molar-refractivity contribution in [1.82, 2.24) is 24.7 Å².